The Morgan fingerprint density at radius 3 is 2.89 bits per heavy atom. The third-order valence-electron chi connectivity index (χ3n) is 3.99. The van der Waals surface area contributed by atoms with Crippen LogP contribution in [0.3, 0.4) is 0 Å². The van der Waals surface area contributed by atoms with Gasteiger partial charge in [0.2, 0.25) is 0 Å². The molecule has 4 heteroatoms. The van der Waals surface area contributed by atoms with E-state index in [1.165, 1.54) is 24.8 Å². The summed E-state index contributed by atoms with van der Waals surface area (Å²) in [4.78, 5) is 2.39. The molecule has 19 heavy (non-hydrogen) atoms. The first kappa shape index (κ1) is 15.3. The molecular weight excluding hydrogens is 324 g/mol. The second-order valence-corrected chi connectivity index (χ2v) is 6.75. The van der Waals surface area contributed by atoms with Crippen molar-refractivity contribution in [2.24, 2.45) is 0 Å². The van der Waals surface area contributed by atoms with E-state index < -0.39 is 0 Å². The van der Waals surface area contributed by atoms with Gasteiger partial charge in [0, 0.05) is 28.1 Å². The van der Waals surface area contributed by atoms with Crippen LogP contribution in [0.2, 0.25) is 5.02 Å². The highest BCUT2D eigenvalue weighted by molar-refractivity contribution is 9.10. The van der Waals surface area contributed by atoms with Crippen molar-refractivity contribution >= 4 is 27.5 Å². The van der Waals surface area contributed by atoms with Gasteiger partial charge in [-0.15, -0.1) is 0 Å². The summed E-state index contributed by atoms with van der Waals surface area (Å²) in [7, 11) is 2.18. The summed E-state index contributed by atoms with van der Waals surface area (Å²) in [5, 5.41) is 4.44. The first-order valence-corrected chi connectivity index (χ1v) is 8.13. The Balaban J connectivity index is 1.99. The van der Waals surface area contributed by atoms with E-state index in [1.807, 2.05) is 6.07 Å². The van der Waals surface area contributed by atoms with Crippen LogP contribution in [0.15, 0.2) is 22.7 Å². The standard InChI is InChI=1S/C15H22BrClN2/c1-11(14-7-6-12(16)9-15(14)17)19(2)10-13-5-3-4-8-18-13/h6-7,9,11,13,18H,3-5,8,10H2,1-2H3. The molecular formula is C15H22BrClN2. The largest absolute Gasteiger partial charge is 0.313 e. The first-order chi connectivity index (χ1) is 9.08. The minimum Gasteiger partial charge on any atom is -0.313 e. The molecule has 0 radical (unpaired) electrons. The van der Waals surface area contributed by atoms with E-state index in [1.54, 1.807) is 0 Å². The zero-order valence-corrected chi connectivity index (χ0v) is 14.0. The van der Waals surface area contributed by atoms with Gasteiger partial charge in [-0.25, -0.2) is 0 Å². The number of rotatable bonds is 4. The van der Waals surface area contributed by atoms with Gasteiger partial charge < -0.3 is 5.32 Å². The lowest BCUT2D eigenvalue weighted by Gasteiger charge is -2.32. The summed E-state index contributed by atoms with van der Waals surface area (Å²) in [6.45, 7) is 4.46. The van der Waals surface area contributed by atoms with E-state index in [9.17, 15) is 0 Å². The summed E-state index contributed by atoms with van der Waals surface area (Å²) in [5.74, 6) is 0. The highest BCUT2D eigenvalue weighted by atomic mass is 79.9. The maximum Gasteiger partial charge on any atom is 0.0464 e. The zero-order chi connectivity index (χ0) is 13.8. The molecule has 1 N–H and O–H groups in total. The lowest BCUT2D eigenvalue weighted by Crippen LogP contribution is -2.43. The fourth-order valence-electron chi connectivity index (χ4n) is 2.66. The van der Waals surface area contributed by atoms with E-state index in [-0.39, 0.29) is 0 Å². The van der Waals surface area contributed by atoms with Crippen molar-refractivity contribution in [3.63, 3.8) is 0 Å². The molecule has 2 nitrogen and oxygen atoms in total. The van der Waals surface area contributed by atoms with Crippen LogP contribution in [-0.2, 0) is 0 Å². The topological polar surface area (TPSA) is 15.3 Å². The van der Waals surface area contributed by atoms with Gasteiger partial charge in [0.1, 0.15) is 0 Å². The summed E-state index contributed by atoms with van der Waals surface area (Å²) in [6.07, 6.45) is 3.94. The first-order valence-electron chi connectivity index (χ1n) is 6.96. The number of likely N-dealkylation sites (N-methyl/N-ethyl adjacent to an activating group) is 1. The van der Waals surface area contributed by atoms with Crippen molar-refractivity contribution < 1.29 is 0 Å². The molecule has 1 heterocycles. The van der Waals surface area contributed by atoms with E-state index >= 15 is 0 Å². The predicted molar refractivity (Wildman–Crippen MR) is 85.8 cm³/mol. The average molecular weight is 346 g/mol. The molecule has 1 aromatic carbocycles. The fourth-order valence-corrected chi connectivity index (χ4v) is 3.49. The second-order valence-electron chi connectivity index (χ2n) is 5.43. The minimum atomic E-state index is 0.337. The van der Waals surface area contributed by atoms with Gasteiger partial charge in [-0.1, -0.05) is 40.0 Å². The molecule has 106 valence electrons. The number of halogens is 2. The highest BCUT2D eigenvalue weighted by Crippen LogP contribution is 2.29. The van der Waals surface area contributed by atoms with Crippen LogP contribution in [0.25, 0.3) is 0 Å². The molecule has 1 aliphatic heterocycles. The van der Waals surface area contributed by atoms with E-state index in [0.29, 0.717) is 12.1 Å². The molecule has 0 aromatic heterocycles. The fraction of sp³-hybridized carbons (Fsp3) is 0.600. The molecule has 1 saturated heterocycles. The monoisotopic (exact) mass is 344 g/mol. The van der Waals surface area contributed by atoms with Gasteiger partial charge in [0.05, 0.1) is 0 Å². The molecule has 2 unspecified atom stereocenters. The number of benzene rings is 1. The molecule has 1 aromatic rings. The Hall–Kier alpha value is -0.0900. The Bertz CT molecular complexity index is 419. The van der Waals surface area contributed by atoms with E-state index in [2.05, 4.69) is 52.3 Å². The third-order valence-corrected chi connectivity index (χ3v) is 4.82. The zero-order valence-electron chi connectivity index (χ0n) is 11.6. The number of hydrogen-bond acceptors (Lipinski definition) is 2. The van der Waals surface area contributed by atoms with Crippen LogP contribution in [-0.4, -0.2) is 31.1 Å². The van der Waals surface area contributed by atoms with Crippen LogP contribution in [0.1, 0.15) is 37.8 Å². The van der Waals surface area contributed by atoms with Gasteiger partial charge in [0.15, 0.2) is 0 Å². The molecule has 1 fully saturated rings. The van der Waals surface area contributed by atoms with Crippen molar-refractivity contribution in [1.29, 1.82) is 0 Å². The van der Waals surface area contributed by atoms with Gasteiger partial charge in [-0.2, -0.15) is 0 Å². The highest BCUT2D eigenvalue weighted by Gasteiger charge is 2.20. The number of nitrogens with zero attached hydrogens (tertiary/aromatic N) is 1. The van der Waals surface area contributed by atoms with Crippen molar-refractivity contribution in [2.45, 2.75) is 38.3 Å². The lowest BCUT2D eigenvalue weighted by atomic mass is 10.0. The third kappa shape index (κ3) is 4.19. The van der Waals surface area contributed by atoms with Crippen molar-refractivity contribution in [3.8, 4) is 0 Å². The van der Waals surface area contributed by atoms with Gasteiger partial charge >= 0.3 is 0 Å². The van der Waals surface area contributed by atoms with Crippen LogP contribution < -0.4 is 5.32 Å². The average Bonchev–Trinajstić information content (AvgIpc) is 2.39. The molecule has 0 spiro atoms. The molecule has 2 atom stereocenters. The normalized spacial score (nSPS) is 21.6. The molecule has 2 rings (SSSR count). The Labute approximate surface area is 129 Å². The smallest absolute Gasteiger partial charge is 0.0464 e. The van der Waals surface area contributed by atoms with Crippen LogP contribution in [0, 0.1) is 0 Å². The lowest BCUT2D eigenvalue weighted by molar-refractivity contribution is 0.215. The van der Waals surface area contributed by atoms with Crippen molar-refractivity contribution in [3.05, 3.63) is 33.3 Å². The maximum atomic E-state index is 6.34. The molecule has 1 aliphatic rings. The Kier molecular flexibility index (Phi) is 5.70. The Morgan fingerprint density at radius 1 is 1.47 bits per heavy atom. The molecule has 0 saturated carbocycles. The van der Waals surface area contributed by atoms with E-state index in [0.717, 1.165) is 22.6 Å². The number of hydrogen-bond donors (Lipinski definition) is 1. The molecule has 0 aliphatic carbocycles. The minimum absolute atomic E-state index is 0.337. The summed E-state index contributed by atoms with van der Waals surface area (Å²) in [5.41, 5.74) is 1.20. The SMILES string of the molecule is CC(c1ccc(Br)cc1Cl)N(C)CC1CCCCN1. The second kappa shape index (κ2) is 7.07. The van der Waals surface area contributed by atoms with Crippen LogP contribution >= 0.6 is 27.5 Å². The summed E-state index contributed by atoms with van der Waals surface area (Å²) >= 11 is 9.79. The molecule has 0 amide bonds. The maximum absolute atomic E-state index is 6.34. The summed E-state index contributed by atoms with van der Waals surface area (Å²) in [6, 6.07) is 7.10. The van der Waals surface area contributed by atoms with Gasteiger partial charge in [-0.05, 0) is 51.1 Å². The number of piperidine rings is 1. The van der Waals surface area contributed by atoms with Gasteiger partial charge in [-0.3, -0.25) is 4.90 Å². The summed E-state index contributed by atoms with van der Waals surface area (Å²) < 4.78 is 1.03. The van der Waals surface area contributed by atoms with Crippen molar-refractivity contribution in [2.75, 3.05) is 20.1 Å². The van der Waals surface area contributed by atoms with Crippen LogP contribution in [0.5, 0.6) is 0 Å². The predicted octanol–water partition coefficient (Wildman–Crippen LogP) is 4.24. The number of nitrogens with one attached hydrogen (secondary N) is 1. The Morgan fingerprint density at radius 2 is 2.26 bits per heavy atom. The van der Waals surface area contributed by atoms with Gasteiger partial charge in [0.25, 0.3) is 0 Å². The quantitative estimate of drug-likeness (QED) is 0.878. The molecule has 0 bridgehead atoms. The van der Waals surface area contributed by atoms with E-state index in [4.69, 9.17) is 11.6 Å². The van der Waals surface area contributed by atoms with Crippen molar-refractivity contribution in [1.82, 2.24) is 10.2 Å². The van der Waals surface area contributed by atoms with Crippen LogP contribution in [0.4, 0.5) is 0 Å².